The highest BCUT2D eigenvalue weighted by atomic mass is 32.2. The molecule has 1 unspecified atom stereocenters. The summed E-state index contributed by atoms with van der Waals surface area (Å²) in [5, 5.41) is 6.23. The molecule has 1 amide bonds. The van der Waals surface area contributed by atoms with Crippen LogP contribution in [-0.4, -0.2) is 35.5 Å². The number of hydrogen-bond acceptors (Lipinski definition) is 3. The number of hydrogen-bond donors (Lipinski definition) is 2. The van der Waals surface area contributed by atoms with E-state index in [9.17, 15) is 9.00 Å². The fraction of sp³-hybridized carbons (Fsp3) is 0.462. The Hall–Kier alpha value is -1.20. The highest BCUT2D eigenvalue weighted by Crippen LogP contribution is 2.12. The summed E-state index contributed by atoms with van der Waals surface area (Å²) in [6.07, 6.45) is 3.85. The van der Waals surface area contributed by atoms with Gasteiger partial charge in [0.15, 0.2) is 0 Å². The molecule has 2 N–H and O–H groups in total. The summed E-state index contributed by atoms with van der Waals surface area (Å²) < 4.78 is 11.5. The zero-order chi connectivity index (χ0) is 13.0. The predicted octanol–water partition coefficient (Wildman–Crippen LogP) is 0.906. The average molecular weight is 266 g/mol. The molecule has 5 heteroatoms. The van der Waals surface area contributed by atoms with Gasteiger partial charge < -0.3 is 10.6 Å². The molecular formula is C13H18N2O2S. The monoisotopic (exact) mass is 266 g/mol. The van der Waals surface area contributed by atoms with Crippen LogP contribution in [0.25, 0.3) is 0 Å². The second-order valence-corrected chi connectivity index (χ2v) is 5.80. The highest BCUT2D eigenvalue weighted by Gasteiger charge is 2.17. The number of benzene rings is 1. The van der Waals surface area contributed by atoms with Crippen molar-refractivity contribution in [2.75, 3.05) is 19.3 Å². The van der Waals surface area contributed by atoms with E-state index < -0.39 is 10.8 Å². The molecule has 0 bridgehead atoms. The van der Waals surface area contributed by atoms with E-state index in [1.54, 1.807) is 30.5 Å². The molecule has 1 heterocycles. The Bertz CT molecular complexity index is 456. The lowest BCUT2D eigenvalue weighted by atomic mass is 10.2. The van der Waals surface area contributed by atoms with Crippen LogP contribution in [0.1, 0.15) is 23.2 Å². The quantitative estimate of drug-likeness (QED) is 0.851. The third-order valence-electron chi connectivity index (χ3n) is 3.11. The number of carbonyl (C=O) groups is 1. The summed E-state index contributed by atoms with van der Waals surface area (Å²) in [5.41, 5.74) is 0.510. The minimum absolute atomic E-state index is 0.144. The molecule has 2 rings (SSSR count). The topological polar surface area (TPSA) is 58.2 Å². The second kappa shape index (κ2) is 6.11. The first kappa shape index (κ1) is 13.2. The fourth-order valence-electron chi connectivity index (χ4n) is 2.15. The van der Waals surface area contributed by atoms with Gasteiger partial charge in [0, 0.05) is 18.8 Å². The van der Waals surface area contributed by atoms with Crippen LogP contribution in [0.5, 0.6) is 0 Å². The van der Waals surface area contributed by atoms with Gasteiger partial charge in [-0.3, -0.25) is 9.00 Å². The van der Waals surface area contributed by atoms with Gasteiger partial charge in [-0.1, -0.05) is 12.1 Å². The summed E-state index contributed by atoms with van der Waals surface area (Å²) in [6.45, 7) is 1.65. The summed E-state index contributed by atoms with van der Waals surface area (Å²) in [6, 6.07) is 7.41. The predicted molar refractivity (Wildman–Crippen MR) is 72.1 cm³/mol. The van der Waals surface area contributed by atoms with Crippen LogP contribution in [0.3, 0.4) is 0 Å². The van der Waals surface area contributed by atoms with Crippen LogP contribution in [0.4, 0.5) is 0 Å². The van der Waals surface area contributed by atoms with E-state index in [-0.39, 0.29) is 5.91 Å². The lowest BCUT2D eigenvalue weighted by Crippen LogP contribution is -2.37. The first-order valence-corrected chi connectivity index (χ1v) is 7.68. The molecular weight excluding hydrogens is 248 g/mol. The maximum Gasteiger partial charge on any atom is 0.252 e. The molecule has 0 radical (unpaired) electrons. The first-order valence-electron chi connectivity index (χ1n) is 6.12. The Morgan fingerprint density at radius 3 is 2.94 bits per heavy atom. The van der Waals surface area contributed by atoms with E-state index in [2.05, 4.69) is 10.6 Å². The minimum Gasteiger partial charge on any atom is -0.350 e. The lowest BCUT2D eigenvalue weighted by molar-refractivity contribution is 0.0947. The molecule has 1 aliphatic heterocycles. The number of rotatable bonds is 4. The molecule has 1 aromatic rings. The molecule has 0 spiro atoms. The van der Waals surface area contributed by atoms with E-state index in [4.69, 9.17) is 0 Å². The first-order chi connectivity index (χ1) is 8.68. The van der Waals surface area contributed by atoms with Gasteiger partial charge in [-0.15, -0.1) is 0 Å². The number of amides is 1. The SMILES string of the molecule is CS(=O)c1ccccc1C(=O)NC[C@@H]1CCCN1. The fourth-order valence-corrected chi connectivity index (χ4v) is 2.89. The van der Waals surface area contributed by atoms with Crippen LogP contribution in [0.2, 0.25) is 0 Å². The maximum atomic E-state index is 12.1. The van der Waals surface area contributed by atoms with Crippen molar-refractivity contribution in [3.8, 4) is 0 Å². The van der Waals surface area contributed by atoms with Crippen LogP contribution < -0.4 is 10.6 Å². The van der Waals surface area contributed by atoms with Gasteiger partial charge in [-0.2, -0.15) is 0 Å². The van der Waals surface area contributed by atoms with Crippen molar-refractivity contribution in [3.63, 3.8) is 0 Å². The van der Waals surface area contributed by atoms with Gasteiger partial charge in [0.1, 0.15) is 0 Å². The normalized spacial score (nSPS) is 20.6. The largest absolute Gasteiger partial charge is 0.350 e. The summed E-state index contributed by atoms with van der Waals surface area (Å²) in [5.74, 6) is -0.144. The Morgan fingerprint density at radius 1 is 1.50 bits per heavy atom. The summed E-state index contributed by atoms with van der Waals surface area (Å²) in [4.78, 5) is 12.6. The van der Waals surface area contributed by atoms with Gasteiger partial charge in [0.2, 0.25) is 0 Å². The Balaban J connectivity index is 2.01. The molecule has 0 aromatic heterocycles. The molecule has 1 aromatic carbocycles. The molecule has 0 aliphatic carbocycles. The minimum atomic E-state index is -1.14. The molecule has 1 saturated heterocycles. The molecule has 0 saturated carbocycles. The van der Waals surface area contributed by atoms with E-state index in [0.717, 1.165) is 19.4 Å². The van der Waals surface area contributed by atoms with E-state index >= 15 is 0 Å². The number of carbonyl (C=O) groups excluding carboxylic acids is 1. The molecule has 18 heavy (non-hydrogen) atoms. The van der Waals surface area contributed by atoms with Crippen molar-refractivity contribution in [1.82, 2.24) is 10.6 Å². The van der Waals surface area contributed by atoms with Gasteiger partial charge >= 0.3 is 0 Å². The van der Waals surface area contributed by atoms with Crippen LogP contribution >= 0.6 is 0 Å². The van der Waals surface area contributed by atoms with Gasteiger partial charge in [-0.05, 0) is 31.5 Å². The van der Waals surface area contributed by atoms with Crippen molar-refractivity contribution in [1.29, 1.82) is 0 Å². The average Bonchev–Trinajstić information content (AvgIpc) is 2.89. The zero-order valence-corrected chi connectivity index (χ0v) is 11.3. The van der Waals surface area contributed by atoms with Gasteiger partial charge in [0.25, 0.3) is 5.91 Å². The Morgan fingerprint density at radius 2 is 2.28 bits per heavy atom. The van der Waals surface area contributed by atoms with E-state index in [1.165, 1.54) is 0 Å². The van der Waals surface area contributed by atoms with Crippen molar-refractivity contribution in [2.45, 2.75) is 23.8 Å². The summed E-state index contributed by atoms with van der Waals surface area (Å²) >= 11 is 0. The molecule has 1 aliphatic rings. The number of nitrogens with one attached hydrogen (secondary N) is 2. The highest BCUT2D eigenvalue weighted by molar-refractivity contribution is 7.84. The molecule has 98 valence electrons. The summed E-state index contributed by atoms with van der Waals surface area (Å²) in [7, 11) is -1.14. The van der Waals surface area contributed by atoms with Crippen molar-refractivity contribution in [2.24, 2.45) is 0 Å². The molecule has 2 atom stereocenters. The molecule has 4 nitrogen and oxygen atoms in total. The third kappa shape index (κ3) is 3.17. The third-order valence-corrected chi connectivity index (χ3v) is 4.09. The Kier molecular flexibility index (Phi) is 4.49. The van der Waals surface area contributed by atoms with E-state index in [0.29, 0.717) is 23.0 Å². The van der Waals surface area contributed by atoms with Gasteiger partial charge in [0.05, 0.1) is 21.3 Å². The second-order valence-electron chi connectivity index (χ2n) is 4.45. The van der Waals surface area contributed by atoms with Crippen LogP contribution in [0.15, 0.2) is 29.2 Å². The smallest absolute Gasteiger partial charge is 0.252 e. The Labute approximate surface area is 110 Å². The van der Waals surface area contributed by atoms with Crippen molar-refractivity contribution < 1.29 is 9.00 Å². The zero-order valence-electron chi connectivity index (χ0n) is 10.4. The van der Waals surface area contributed by atoms with Crippen LogP contribution in [0, 0.1) is 0 Å². The maximum absolute atomic E-state index is 12.1. The van der Waals surface area contributed by atoms with E-state index in [1.807, 2.05) is 0 Å². The van der Waals surface area contributed by atoms with Crippen molar-refractivity contribution in [3.05, 3.63) is 29.8 Å². The molecule has 1 fully saturated rings. The van der Waals surface area contributed by atoms with Gasteiger partial charge in [-0.25, -0.2) is 0 Å². The van der Waals surface area contributed by atoms with Crippen LogP contribution in [-0.2, 0) is 10.8 Å². The lowest BCUT2D eigenvalue weighted by Gasteiger charge is -2.12. The standard InChI is InChI=1S/C13H18N2O2S/c1-18(17)12-7-3-2-6-11(12)13(16)15-9-10-5-4-8-14-10/h2-3,6-7,10,14H,4-5,8-9H2,1H3,(H,15,16)/t10-,18?/m0/s1. The van der Waals surface area contributed by atoms with Crippen molar-refractivity contribution >= 4 is 16.7 Å².